The van der Waals surface area contributed by atoms with Crippen LogP contribution >= 0.6 is 0 Å². The van der Waals surface area contributed by atoms with Gasteiger partial charge in [0.2, 0.25) is 0 Å². The van der Waals surface area contributed by atoms with Crippen molar-refractivity contribution >= 4 is 17.9 Å². The number of hydrogen-bond donors (Lipinski definition) is 3. The van der Waals surface area contributed by atoms with E-state index in [-0.39, 0.29) is 5.92 Å². The van der Waals surface area contributed by atoms with Crippen molar-refractivity contribution in [3.05, 3.63) is 0 Å². The van der Waals surface area contributed by atoms with Crippen LogP contribution in [0.25, 0.3) is 0 Å². The first-order valence-electron chi connectivity index (χ1n) is 6.15. The van der Waals surface area contributed by atoms with Gasteiger partial charge in [-0.2, -0.15) is 0 Å². The van der Waals surface area contributed by atoms with Crippen LogP contribution in [0.1, 0.15) is 33.1 Å². The number of hydrogen-bond acceptors (Lipinski definition) is 3. The number of amides is 3. The Morgan fingerprint density at radius 3 is 2.50 bits per heavy atom. The number of nitrogens with one attached hydrogen (secondary N) is 2. The summed E-state index contributed by atoms with van der Waals surface area (Å²) in [5.41, 5.74) is -2.95. The molecule has 2 bridgehead atoms. The van der Waals surface area contributed by atoms with Crippen LogP contribution in [-0.4, -0.2) is 28.6 Å². The lowest BCUT2D eigenvalue weighted by molar-refractivity contribution is -0.162. The third-order valence-corrected chi connectivity index (χ3v) is 5.58. The second kappa shape index (κ2) is 2.87. The molecule has 3 atom stereocenters. The first kappa shape index (κ1) is 11.5. The monoisotopic (exact) mass is 252 g/mol. The summed E-state index contributed by atoms with van der Waals surface area (Å²) in [6.45, 7) is 3.79. The second-order valence-corrected chi connectivity index (χ2v) is 6.19. The number of fused-ring (bicyclic) bond motifs is 3. The Morgan fingerprint density at radius 1 is 1.39 bits per heavy atom. The zero-order valence-electron chi connectivity index (χ0n) is 10.4. The Hall–Kier alpha value is -1.59. The van der Waals surface area contributed by atoms with Crippen molar-refractivity contribution in [3.8, 4) is 0 Å². The summed E-state index contributed by atoms with van der Waals surface area (Å²) in [7, 11) is 0. The highest BCUT2D eigenvalue weighted by Gasteiger charge is 2.79. The smallest absolute Gasteiger partial charge is 0.322 e. The van der Waals surface area contributed by atoms with Gasteiger partial charge >= 0.3 is 12.0 Å². The van der Waals surface area contributed by atoms with Crippen LogP contribution in [0.2, 0.25) is 0 Å². The van der Waals surface area contributed by atoms with Gasteiger partial charge < -0.3 is 10.4 Å². The fraction of sp³-hybridized carbons (Fsp3) is 0.750. The number of aliphatic carboxylic acids is 1. The van der Waals surface area contributed by atoms with E-state index in [0.29, 0.717) is 12.8 Å². The number of carboxylic acids is 1. The van der Waals surface area contributed by atoms with Crippen molar-refractivity contribution < 1.29 is 19.5 Å². The lowest BCUT2D eigenvalue weighted by atomic mass is 9.61. The zero-order valence-corrected chi connectivity index (χ0v) is 10.4. The molecule has 2 saturated carbocycles. The summed E-state index contributed by atoms with van der Waals surface area (Å²) in [5, 5.41) is 14.5. The number of carboxylic acid groups (broad SMARTS) is 1. The van der Waals surface area contributed by atoms with Crippen molar-refractivity contribution in [3.63, 3.8) is 0 Å². The Morgan fingerprint density at radius 2 is 2.06 bits per heavy atom. The minimum Gasteiger partial charge on any atom is -0.481 e. The lowest BCUT2D eigenvalue weighted by Gasteiger charge is -2.43. The highest BCUT2D eigenvalue weighted by Crippen LogP contribution is 2.70. The second-order valence-electron chi connectivity index (χ2n) is 6.19. The predicted molar refractivity (Wildman–Crippen MR) is 60.6 cm³/mol. The van der Waals surface area contributed by atoms with E-state index in [9.17, 15) is 19.5 Å². The zero-order chi connectivity index (χ0) is 13.3. The molecule has 6 nitrogen and oxygen atoms in total. The third-order valence-electron chi connectivity index (χ3n) is 5.58. The van der Waals surface area contributed by atoms with E-state index >= 15 is 0 Å². The molecule has 3 rings (SSSR count). The number of rotatable bonds is 1. The molecule has 3 amide bonds. The summed E-state index contributed by atoms with van der Waals surface area (Å²) in [6, 6.07) is -0.580. The van der Waals surface area contributed by atoms with Crippen LogP contribution in [0, 0.1) is 16.7 Å². The van der Waals surface area contributed by atoms with Gasteiger partial charge in [-0.15, -0.1) is 0 Å². The predicted octanol–water partition coefficient (Wildman–Crippen LogP) is 0.476. The molecule has 0 radical (unpaired) electrons. The highest BCUT2D eigenvalue weighted by molar-refractivity contribution is 6.10. The Bertz CT molecular complexity index is 486. The molecule has 2 aliphatic carbocycles. The van der Waals surface area contributed by atoms with E-state index in [1.165, 1.54) is 0 Å². The highest BCUT2D eigenvalue weighted by atomic mass is 16.4. The first-order chi connectivity index (χ1) is 8.28. The first-order valence-corrected chi connectivity index (χ1v) is 6.15. The Kier molecular flexibility index (Phi) is 1.83. The summed E-state index contributed by atoms with van der Waals surface area (Å²) >= 11 is 0. The maximum atomic E-state index is 12.1. The van der Waals surface area contributed by atoms with Crippen LogP contribution in [-0.2, 0) is 9.59 Å². The largest absolute Gasteiger partial charge is 0.481 e. The quantitative estimate of drug-likeness (QED) is 0.591. The van der Waals surface area contributed by atoms with Gasteiger partial charge in [0.25, 0.3) is 5.91 Å². The molecule has 1 saturated heterocycles. The molecule has 98 valence electrons. The average molecular weight is 252 g/mol. The topological polar surface area (TPSA) is 95.5 Å². The van der Waals surface area contributed by atoms with Crippen molar-refractivity contribution in [1.82, 2.24) is 10.6 Å². The van der Waals surface area contributed by atoms with Crippen molar-refractivity contribution in [1.29, 1.82) is 0 Å². The Labute approximate surface area is 104 Å². The maximum absolute atomic E-state index is 12.1. The molecule has 3 unspecified atom stereocenters. The van der Waals surface area contributed by atoms with Gasteiger partial charge in [-0.3, -0.25) is 14.9 Å². The maximum Gasteiger partial charge on any atom is 0.322 e. The van der Waals surface area contributed by atoms with Gasteiger partial charge in [-0.25, -0.2) is 4.79 Å². The molecule has 0 aromatic heterocycles. The average Bonchev–Trinajstić information content (AvgIpc) is 2.73. The fourth-order valence-electron chi connectivity index (χ4n) is 4.59. The molecule has 3 aliphatic rings. The van der Waals surface area contributed by atoms with Crippen LogP contribution < -0.4 is 10.6 Å². The number of urea groups is 1. The fourth-order valence-corrected chi connectivity index (χ4v) is 4.59. The molecule has 0 aromatic rings. The third kappa shape index (κ3) is 0.875. The van der Waals surface area contributed by atoms with E-state index in [0.717, 1.165) is 6.42 Å². The van der Waals surface area contributed by atoms with E-state index in [1.807, 2.05) is 13.8 Å². The number of imide groups is 1. The van der Waals surface area contributed by atoms with Crippen molar-refractivity contribution in [2.75, 3.05) is 0 Å². The van der Waals surface area contributed by atoms with Gasteiger partial charge in [0, 0.05) is 0 Å². The molecule has 6 heteroatoms. The van der Waals surface area contributed by atoms with E-state index in [4.69, 9.17) is 0 Å². The Balaban J connectivity index is 2.22. The van der Waals surface area contributed by atoms with E-state index in [2.05, 4.69) is 10.6 Å². The summed E-state index contributed by atoms with van der Waals surface area (Å²) in [5.74, 6) is -1.31. The molecule has 1 aliphatic heterocycles. The number of carbonyl (C=O) groups excluding carboxylic acids is 2. The van der Waals surface area contributed by atoms with Crippen LogP contribution in [0.3, 0.4) is 0 Å². The van der Waals surface area contributed by atoms with Crippen LogP contribution in [0.15, 0.2) is 0 Å². The molecule has 0 aromatic carbocycles. The molecular formula is C12H16N2O4. The SMILES string of the molecule is CC1(C)C2CCC1(C(=O)O)C1(C2)NC(=O)NC1=O. The van der Waals surface area contributed by atoms with Gasteiger partial charge in [-0.1, -0.05) is 13.8 Å². The minimum atomic E-state index is -1.26. The standard InChI is InChI=1S/C12H16N2O4/c1-10(2)6-3-4-11(10,8(16)17)12(5-6)7(15)13-9(18)14-12/h6H,3-5H2,1-2H3,(H,16,17)(H2,13,14,15,18). The van der Waals surface area contributed by atoms with Gasteiger partial charge in [0.1, 0.15) is 11.0 Å². The van der Waals surface area contributed by atoms with Gasteiger partial charge in [0.05, 0.1) is 0 Å². The summed E-state index contributed by atoms with van der Waals surface area (Å²) in [4.78, 5) is 35.4. The summed E-state index contributed by atoms with van der Waals surface area (Å²) in [6.07, 6.45) is 1.65. The van der Waals surface area contributed by atoms with E-state index < -0.39 is 34.3 Å². The summed E-state index contributed by atoms with van der Waals surface area (Å²) < 4.78 is 0. The van der Waals surface area contributed by atoms with E-state index in [1.54, 1.807) is 0 Å². The molecular weight excluding hydrogens is 236 g/mol. The van der Waals surface area contributed by atoms with Gasteiger partial charge in [0.15, 0.2) is 0 Å². The molecule has 3 fully saturated rings. The minimum absolute atomic E-state index is 0.151. The van der Waals surface area contributed by atoms with Crippen LogP contribution in [0.4, 0.5) is 4.79 Å². The van der Waals surface area contributed by atoms with Gasteiger partial charge in [-0.05, 0) is 30.6 Å². The molecule has 1 heterocycles. The normalized spacial score (nSPS) is 44.2. The molecule has 1 spiro atoms. The number of carbonyl (C=O) groups is 3. The molecule has 18 heavy (non-hydrogen) atoms. The van der Waals surface area contributed by atoms with Crippen LogP contribution in [0.5, 0.6) is 0 Å². The lowest BCUT2D eigenvalue weighted by Crippen LogP contribution is -2.63. The van der Waals surface area contributed by atoms with Crippen molar-refractivity contribution in [2.45, 2.75) is 38.6 Å². The molecule has 3 N–H and O–H groups in total. The van der Waals surface area contributed by atoms with Crippen molar-refractivity contribution in [2.24, 2.45) is 16.7 Å².